The number of nitrogens with zero attached hydrogens (tertiary/aromatic N) is 2. The molecule has 0 saturated heterocycles. The van der Waals surface area contributed by atoms with E-state index in [9.17, 15) is 51.2 Å². The van der Waals surface area contributed by atoms with Crippen molar-refractivity contribution in [2.24, 2.45) is 5.84 Å². The van der Waals surface area contributed by atoms with Gasteiger partial charge in [0, 0.05) is 12.7 Å². The van der Waals surface area contributed by atoms with Gasteiger partial charge in [-0.05, 0) is 32.3 Å². The Bertz CT molecular complexity index is 1270. The lowest BCUT2D eigenvalue weighted by Crippen LogP contribution is -2.54. The lowest BCUT2D eigenvalue weighted by atomic mass is 9.96. The predicted octanol–water partition coefficient (Wildman–Crippen LogP) is 4.20. The predicted molar refractivity (Wildman–Crippen MR) is 133 cm³/mol. The van der Waals surface area contributed by atoms with Crippen molar-refractivity contribution in [3.63, 3.8) is 0 Å². The van der Waals surface area contributed by atoms with Crippen LogP contribution in [-0.4, -0.2) is 57.4 Å². The summed E-state index contributed by atoms with van der Waals surface area (Å²) in [4.78, 5) is 37.1. The molecule has 1 unspecified atom stereocenters. The van der Waals surface area contributed by atoms with Crippen LogP contribution in [0.15, 0.2) is 36.4 Å². The molecule has 0 fully saturated rings. The van der Waals surface area contributed by atoms with E-state index >= 15 is 0 Å². The first kappa shape index (κ1) is 34.2. The van der Waals surface area contributed by atoms with Crippen LogP contribution in [0.2, 0.25) is 0 Å². The third-order valence-electron chi connectivity index (χ3n) is 5.72. The Morgan fingerprint density at radius 1 is 1.12 bits per heavy atom. The van der Waals surface area contributed by atoms with Gasteiger partial charge in [-0.3, -0.25) is 20.3 Å². The number of nitrogens with one attached hydrogen (secondary N) is 2. The second-order valence-corrected chi connectivity index (χ2v) is 9.55. The van der Waals surface area contributed by atoms with E-state index in [0.29, 0.717) is 5.56 Å². The summed E-state index contributed by atoms with van der Waals surface area (Å²) in [5, 5.41) is 23.0. The zero-order chi connectivity index (χ0) is 31.9. The van der Waals surface area contributed by atoms with E-state index in [-0.39, 0.29) is 6.07 Å². The van der Waals surface area contributed by atoms with Gasteiger partial charge in [0.05, 0.1) is 23.7 Å². The molecule has 0 saturated carbocycles. The van der Waals surface area contributed by atoms with Gasteiger partial charge < -0.3 is 19.9 Å². The van der Waals surface area contributed by atoms with Crippen LogP contribution in [-0.2, 0) is 27.1 Å². The summed E-state index contributed by atoms with van der Waals surface area (Å²) in [6.07, 6.45) is -11.9. The number of carboxylic acid groups (broad SMARTS) is 1. The number of carbonyl (C=O) groups excluding carboxylic acids is 1. The van der Waals surface area contributed by atoms with Crippen LogP contribution in [0.3, 0.4) is 0 Å². The molecule has 0 spiro atoms. The number of hydrogen-bond donors (Lipinski definition) is 4. The fourth-order valence-electron chi connectivity index (χ4n) is 3.66. The number of aliphatic carboxylic acids is 1. The van der Waals surface area contributed by atoms with Crippen LogP contribution in [0.4, 0.5) is 37.8 Å². The van der Waals surface area contributed by atoms with Gasteiger partial charge in [-0.1, -0.05) is 30.3 Å². The minimum absolute atomic E-state index is 0.106. The van der Waals surface area contributed by atoms with Crippen molar-refractivity contribution in [2.45, 2.75) is 56.8 Å². The van der Waals surface area contributed by atoms with Crippen LogP contribution in [0.5, 0.6) is 0 Å². The fourth-order valence-corrected chi connectivity index (χ4v) is 3.66. The van der Waals surface area contributed by atoms with Crippen LogP contribution in [0.25, 0.3) is 0 Å². The third-order valence-corrected chi connectivity index (χ3v) is 5.72. The van der Waals surface area contributed by atoms with E-state index in [1.165, 1.54) is 38.1 Å². The Morgan fingerprint density at radius 3 is 2.24 bits per heavy atom. The lowest BCUT2D eigenvalue weighted by molar-refractivity contribution is -0.385. The van der Waals surface area contributed by atoms with E-state index in [4.69, 9.17) is 15.3 Å². The Balaban J connectivity index is 2.16. The van der Waals surface area contributed by atoms with Gasteiger partial charge in [0.25, 0.3) is 11.5 Å². The topological polar surface area (TPSA) is 179 Å². The second-order valence-electron chi connectivity index (χ2n) is 9.55. The number of nitro groups is 1. The number of nitrogen functional groups attached to an aromatic ring is 1. The minimum atomic E-state index is -5.29. The normalized spacial score (nSPS) is 13.7. The molecular weight excluding hydrogens is 584 g/mol. The standard InChI is InChI=1S/C24H27F6N5O7/c1-21(2,33-18-15(23(25,26)27)11-16(35(39)40)17(32-18)19(36)34-31)13-41-10-6-9-22(20(37)38,24(28,29)30)42-12-14-7-4-3-5-8-14/h3-5,7-8,11H,6,9-10,12-13,31H2,1-2H3,(H,32,33)(H,34,36)(H,37,38). The highest BCUT2D eigenvalue weighted by Gasteiger charge is 2.62. The van der Waals surface area contributed by atoms with Crippen LogP contribution < -0.4 is 16.6 Å². The molecule has 12 nitrogen and oxygen atoms in total. The number of hydrazine groups is 1. The first-order chi connectivity index (χ1) is 19.3. The lowest BCUT2D eigenvalue weighted by Gasteiger charge is -2.32. The second kappa shape index (κ2) is 13.3. The molecule has 18 heteroatoms. The van der Waals surface area contributed by atoms with Gasteiger partial charge in [0.2, 0.25) is 5.69 Å². The maximum atomic E-state index is 13.9. The number of nitrogens with two attached hydrogens (primary N) is 1. The highest BCUT2D eigenvalue weighted by molar-refractivity contribution is 5.96. The highest BCUT2D eigenvalue weighted by Crippen LogP contribution is 2.40. The van der Waals surface area contributed by atoms with Crippen molar-refractivity contribution >= 4 is 23.4 Å². The van der Waals surface area contributed by atoms with Gasteiger partial charge in [-0.2, -0.15) is 26.3 Å². The molecule has 1 aromatic heterocycles. The van der Waals surface area contributed by atoms with Crippen LogP contribution in [0, 0.1) is 10.1 Å². The van der Waals surface area contributed by atoms with Crippen molar-refractivity contribution in [1.29, 1.82) is 0 Å². The molecular formula is C24H27F6N5O7. The van der Waals surface area contributed by atoms with Gasteiger partial charge in [-0.25, -0.2) is 15.6 Å². The Morgan fingerprint density at radius 2 is 1.74 bits per heavy atom. The number of carbonyl (C=O) groups is 2. The molecule has 0 aliphatic heterocycles. The number of hydrogen-bond acceptors (Lipinski definition) is 9. The molecule has 0 bridgehead atoms. The molecule has 0 radical (unpaired) electrons. The smallest absolute Gasteiger partial charge is 0.428 e. The fraction of sp³-hybridized carbons (Fsp3) is 0.458. The van der Waals surface area contributed by atoms with Crippen LogP contribution >= 0.6 is 0 Å². The maximum absolute atomic E-state index is 13.9. The van der Waals surface area contributed by atoms with Gasteiger partial charge in [-0.15, -0.1) is 0 Å². The summed E-state index contributed by atoms with van der Waals surface area (Å²) in [5.41, 5.74) is -6.98. The minimum Gasteiger partial charge on any atom is -0.479 e. The number of rotatable bonds is 14. The Labute approximate surface area is 234 Å². The summed E-state index contributed by atoms with van der Waals surface area (Å²) < 4.78 is 92.8. The summed E-state index contributed by atoms with van der Waals surface area (Å²) in [6.45, 7) is 1.10. The average molecular weight is 611 g/mol. The average Bonchev–Trinajstić information content (AvgIpc) is 2.88. The number of anilines is 1. The van der Waals surface area contributed by atoms with E-state index < -0.39 is 95.7 Å². The van der Waals surface area contributed by atoms with Crippen molar-refractivity contribution in [2.75, 3.05) is 18.5 Å². The number of aromatic nitrogens is 1. The summed E-state index contributed by atoms with van der Waals surface area (Å²) in [5.74, 6) is 0.382. The highest BCUT2D eigenvalue weighted by atomic mass is 19.4. The molecule has 2 aromatic rings. The number of halogens is 6. The van der Waals surface area contributed by atoms with Crippen molar-refractivity contribution in [1.82, 2.24) is 10.4 Å². The van der Waals surface area contributed by atoms with Crippen molar-refractivity contribution in [3.05, 3.63) is 63.3 Å². The van der Waals surface area contributed by atoms with E-state index in [1.54, 1.807) is 11.5 Å². The summed E-state index contributed by atoms with van der Waals surface area (Å²) >= 11 is 0. The van der Waals surface area contributed by atoms with Gasteiger partial charge in [0.15, 0.2) is 0 Å². The van der Waals surface area contributed by atoms with Gasteiger partial charge >= 0.3 is 24.0 Å². The first-order valence-electron chi connectivity index (χ1n) is 12.0. The van der Waals surface area contributed by atoms with Crippen LogP contribution in [0.1, 0.15) is 48.3 Å². The molecule has 42 heavy (non-hydrogen) atoms. The van der Waals surface area contributed by atoms with Gasteiger partial charge in [0.1, 0.15) is 11.4 Å². The molecule has 2 rings (SSSR count). The monoisotopic (exact) mass is 611 g/mol. The van der Waals surface area contributed by atoms with Crippen molar-refractivity contribution in [3.8, 4) is 0 Å². The van der Waals surface area contributed by atoms with Crippen molar-refractivity contribution < 1.29 is 55.4 Å². The summed E-state index contributed by atoms with van der Waals surface area (Å²) in [7, 11) is 0. The number of amides is 1. The zero-order valence-corrected chi connectivity index (χ0v) is 22.1. The number of alkyl halides is 6. The largest absolute Gasteiger partial charge is 0.479 e. The molecule has 232 valence electrons. The van der Waals surface area contributed by atoms with E-state index in [1.807, 2.05) is 0 Å². The Kier molecular flexibility index (Phi) is 10.8. The number of benzene rings is 1. The molecule has 0 aliphatic carbocycles. The quantitative estimate of drug-likeness (QED) is 0.0604. The maximum Gasteiger partial charge on any atom is 0.428 e. The molecule has 1 heterocycles. The molecule has 1 atom stereocenters. The molecule has 0 aliphatic rings. The van der Waals surface area contributed by atoms with E-state index in [2.05, 4.69) is 10.3 Å². The SMILES string of the molecule is CC(C)(COCCCC(OCc1ccccc1)(C(=O)O)C(F)(F)F)Nc1nc(C(=O)NN)c([N+](=O)[O-])cc1C(F)(F)F. The number of carboxylic acids is 1. The molecule has 1 amide bonds. The first-order valence-corrected chi connectivity index (χ1v) is 12.0. The Hall–Kier alpha value is -4.03. The number of ether oxygens (including phenoxy) is 2. The molecule has 1 aromatic carbocycles. The third kappa shape index (κ3) is 8.49. The van der Waals surface area contributed by atoms with E-state index in [0.717, 1.165) is 0 Å². The summed E-state index contributed by atoms with van der Waals surface area (Å²) in [6, 6.07) is 7.71. The molecule has 5 N–H and O–H groups in total. The number of pyridine rings is 1. The zero-order valence-electron chi connectivity index (χ0n) is 22.1.